The maximum absolute atomic E-state index is 11.1. The van der Waals surface area contributed by atoms with Crippen LogP contribution in [0.4, 0.5) is 0 Å². The van der Waals surface area contributed by atoms with Crippen molar-refractivity contribution in [2.45, 2.75) is 13.0 Å². The molecule has 0 atom stereocenters. The third-order valence-electron chi connectivity index (χ3n) is 2.38. The normalized spacial score (nSPS) is 10.7. The molecule has 9 heteroatoms. The Morgan fingerprint density at radius 2 is 2.05 bits per heavy atom. The van der Waals surface area contributed by atoms with E-state index >= 15 is 0 Å². The van der Waals surface area contributed by atoms with Gasteiger partial charge < -0.3 is 14.2 Å². The fourth-order valence-corrected chi connectivity index (χ4v) is 1.37. The summed E-state index contributed by atoms with van der Waals surface area (Å²) in [5.41, 5.74) is 2.16. The molecule has 3 N–H and O–H groups in total. The lowest BCUT2D eigenvalue weighted by Crippen LogP contribution is -2.30. The molecule has 0 unspecified atom stereocenters. The third-order valence-corrected chi connectivity index (χ3v) is 2.38. The van der Waals surface area contributed by atoms with E-state index in [0.29, 0.717) is 39.6 Å². The number of aromatic nitrogens is 3. The Balaban J connectivity index is 2.01. The summed E-state index contributed by atoms with van der Waals surface area (Å²) >= 11 is 0. The average molecular weight is 287 g/mol. The second-order valence-electron chi connectivity index (χ2n) is 3.91. The first-order chi connectivity index (χ1) is 9.77. The molecule has 1 amide bonds. The Labute approximate surface area is 117 Å². The smallest absolute Gasteiger partial charge is 0.287 e. The molecule has 1 heterocycles. The first kappa shape index (κ1) is 16.5. The highest BCUT2D eigenvalue weighted by Crippen LogP contribution is 1.92. The molecule has 1 rings (SSSR count). The van der Waals surface area contributed by atoms with Gasteiger partial charge in [0.2, 0.25) is 0 Å². The Morgan fingerprint density at radius 3 is 2.75 bits per heavy atom. The van der Waals surface area contributed by atoms with E-state index < -0.39 is 5.91 Å². The van der Waals surface area contributed by atoms with Crippen LogP contribution in [-0.2, 0) is 20.8 Å². The van der Waals surface area contributed by atoms with E-state index in [9.17, 15) is 4.79 Å². The topological polar surface area (TPSA) is 114 Å². The van der Waals surface area contributed by atoms with Crippen LogP contribution in [0, 0.1) is 0 Å². The van der Waals surface area contributed by atoms with Crippen LogP contribution in [0.1, 0.15) is 16.9 Å². The molecule has 0 radical (unpaired) electrons. The molecule has 0 saturated carbocycles. The summed E-state index contributed by atoms with van der Waals surface area (Å²) in [6.45, 7) is 3.40. The standard InChI is InChI=1S/C11H21N5O4/c1-18-4-2-5-19-7-8-20-6-3-16-9-10(14-15-16)11(17)13-12/h9H,2-8,12H2,1H3,(H,13,17). The second kappa shape index (κ2) is 10.3. The number of hydrogen-bond acceptors (Lipinski definition) is 7. The van der Waals surface area contributed by atoms with Crippen LogP contribution in [0.25, 0.3) is 0 Å². The molecule has 114 valence electrons. The van der Waals surface area contributed by atoms with E-state index in [1.165, 1.54) is 10.9 Å². The molecule has 1 aromatic heterocycles. The van der Waals surface area contributed by atoms with Crippen molar-refractivity contribution in [1.82, 2.24) is 20.4 Å². The van der Waals surface area contributed by atoms with Gasteiger partial charge in [0.15, 0.2) is 5.69 Å². The Bertz CT molecular complexity index is 385. The number of nitrogens with two attached hydrogens (primary N) is 1. The number of methoxy groups -OCH3 is 1. The number of rotatable bonds is 11. The third kappa shape index (κ3) is 6.57. The molecule has 0 aliphatic heterocycles. The number of hydrogen-bond donors (Lipinski definition) is 2. The summed E-state index contributed by atoms with van der Waals surface area (Å²) in [6.07, 6.45) is 2.38. The SMILES string of the molecule is COCCCOCCOCCn1cc(C(=O)NN)nn1. The number of carbonyl (C=O) groups is 1. The average Bonchev–Trinajstić information content (AvgIpc) is 2.93. The Kier molecular flexibility index (Phi) is 8.47. The number of amides is 1. The van der Waals surface area contributed by atoms with Crippen LogP contribution in [-0.4, -0.2) is 61.0 Å². The van der Waals surface area contributed by atoms with Gasteiger partial charge in [-0.25, -0.2) is 10.5 Å². The van der Waals surface area contributed by atoms with Crippen molar-refractivity contribution in [3.8, 4) is 0 Å². The summed E-state index contributed by atoms with van der Waals surface area (Å²) in [6, 6.07) is 0. The maximum atomic E-state index is 11.1. The minimum absolute atomic E-state index is 0.175. The zero-order valence-electron chi connectivity index (χ0n) is 11.6. The lowest BCUT2D eigenvalue weighted by atomic mass is 10.4. The number of nitrogens with one attached hydrogen (secondary N) is 1. The molecule has 9 nitrogen and oxygen atoms in total. The molecule has 0 bridgehead atoms. The maximum Gasteiger partial charge on any atom is 0.287 e. The van der Waals surface area contributed by atoms with Gasteiger partial charge in [-0.2, -0.15) is 0 Å². The molecule has 0 spiro atoms. The van der Waals surface area contributed by atoms with Crippen LogP contribution in [0.5, 0.6) is 0 Å². The summed E-state index contributed by atoms with van der Waals surface area (Å²) in [5, 5.41) is 7.45. The predicted molar refractivity (Wildman–Crippen MR) is 69.8 cm³/mol. The molecule has 0 aliphatic carbocycles. The second-order valence-corrected chi connectivity index (χ2v) is 3.91. The molecular weight excluding hydrogens is 266 g/mol. The first-order valence-electron chi connectivity index (χ1n) is 6.33. The molecule has 20 heavy (non-hydrogen) atoms. The largest absolute Gasteiger partial charge is 0.385 e. The Morgan fingerprint density at radius 1 is 1.30 bits per heavy atom. The Hall–Kier alpha value is -1.55. The van der Waals surface area contributed by atoms with E-state index in [1.807, 2.05) is 5.43 Å². The van der Waals surface area contributed by atoms with Crippen molar-refractivity contribution >= 4 is 5.91 Å². The minimum Gasteiger partial charge on any atom is -0.385 e. The lowest BCUT2D eigenvalue weighted by Gasteiger charge is -2.05. The van der Waals surface area contributed by atoms with Gasteiger partial charge in [-0.15, -0.1) is 5.10 Å². The van der Waals surface area contributed by atoms with Crippen molar-refractivity contribution in [3.05, 3.63) is 11.9 Å². The van der Waals surface area contributed by atoms with Crippen LogP contribution in [0.15, 0.2) is 6.20 Å². The molecule has 0 saturated heterocycles. The van der Waals surface area contributed by atoms with Gasteiger partial charge in [0.05, 0.1) is 32.6 Å². The van der Waals surface area contributed by atoms with Crippen LogP contribution in [0.2, 0.25) is 0 Å². The number of nitrogens with zero attached hydrogens (tertiary/aromatic N) is 3. The summed E-state index contributed by atoms with van der Waals surface area (Å²) in [5.74, 6) is 4.52. The fraction of sp³-hybridized carbons (Fsp3) is 0.727. The van der Waals surface area contributed by atoms with Crippen LogP contribution >= 0.6 is 0 Å². The van der Waals surface area contributed by atoms with Gasteiger partial charge >= 0.3 is 0 Å². The molecule has 0 aliphatic rings. The monoisotopic (exact) mass is 287 g/mol. The zero-order chi connectivity index (χ0) is 14.6. The molecule has 0 fully saturated rings. The van der Waals surface area contributed by atoms with E-state index in [1.54, 1.807) is 7.11 Å². The van der Waals surface area contributed by atoms with Crippen molar-refractivity contribution < 1.29 is 19.0 Å². The lowest BCUT2D eigenvalue weighted by molar-refractivity contribution is 0.0366. The van der Waals surface area contributed by atoms with Crippen molar-refractivity contribution in [2.24, 2.45) is 5.84 Å². The van der Waals surface area contributed by atoms with Crippen LogP contribution < -0.4 is 11.3 Å². The van der Waals surface area contributed by atoms with Gasteiger partial charge in [0, 0.05) is 20.3 Å². The van der Waals surface area contributed by atoms with E-state index in [-0.39, 0.29) is 5.69 Å². The number of hydrazine groups is 1. The fourth-order valence-electron chi connectivity index (χ4n) is 1.37. The highest BCUT2D eigenvalue weighted by Gasteiger charge is 2.08. The molecule has 0 aromatic carbocycles. The molecule has 1 aromatic rings. The highest BCUT2D eigenvalue weighted by atomic mass is 16.5. The van der Waals surface area contributed by atoms with Gasteiger partial charge in [0.1, 0.15) is 0 Å². The zero-order valence-corrected chi connectivity index (χ0v) is 11.6. The number of ether oxygens (including phenoxy) is 3. The van der Waals surface area contributed by atoms with Crippen LogP contribution in [0.3, 0.4) is 0 Å². The van der Waals surface area contributed by atoms with Gasteiger partial charge in [-0.1, -0.05) is 5.21 Å². The summed E-state index contributed by atoms with van der Waals surface area (Å²) in [7, 11) is 1.66. The quantitative estimate of drug-likeness (QED) is 0.231. The van der Waals surface area contributed by atoms with E-state index in [4.69, 9.17) is 20.1 Å². The van der Waals surface area contributed by atoms with Gasteiger partial charge in [-0.3, -0.25) is 10.2 Å². The number of nitrogen functional groups attached to an aromatic ring is 1. The molecular formula is C11H21N5O4. The highest BCUT2D eigenvalue weighted by molar-refractivity contribution is 5.91. The van der Waals surface area contributed by atoms with E-state index in [0.717, 1.165) is 6.42 Å². The number of carbonyl (C=O) groups excluding carboxylic acids is 1. The minimum atomic E-state index is -0.471. The van der Waals surface area contributed by atoms with Crippen molar-refractivity contribution in [2.75, 3.05) is 40.1 Å². The van der Waals surface area contributed by atoms with Gasteiger partial charge in [0.25, 0.3) is 5.91 Å². The van der Waals surface area contributed by atoms with Crippen molar-refractivity contribution in [1.29, 1.82) is 0 Å². The predicted octanol–water partition coefficient (Wildman–Crippen LogP) is -1.05. The summed E-state index contributed by atoms with van der Waals surface area (Å²) < 4.78 is 17.1. The van der Waals surface area contributed by atoms with E-state index in [2.05, 4.69) is 10.3 Å². The summed E-state index contributed by atoms with van der Waals surface area (Å²) in [4.78, 5) is 11.1. The first-order valence-corrected chi connectivity index (χ1v) is 6.33. The van der Waals surface area contributed by atoms with Gasteiger partial charge in [-0.05, 0) is 6.42 Å². The van der Waals surface area contributed by atoms with Crippen molar-refractivity contribution in [3.63, 3.8) is 0 Å².